The third-order valence-electron chi connectivity index (χ3n) is 5.54. The van der Waals surface area contributed by atoms with E-state index in [1.54, 1.807) is 61.0 Å². The summed E-state index contributed by atoms with van der Waals surface area (Å²) in [6.07, 6.45) is -4.85. The molecule has 0 fully saturated rings. The van der Waals surface area contributed by atoms with Crippen LogP contribution in [0.5, 0.6) is 5.75 Å². The predicted octanol–water partition coefficient (Wildman–Crippen LogP) is 4.47. The zero-order valence-corrected chi connectivity index (χ0v) is 16.5. The Hall–Kier alpha value is -2.91. The Bertz CT molecular complexity index is 1140. The highest BCUT2D eigenvalue weighted by molar-refractivity contribution is 7.14. The number of benzene rings is 2. The second-order valence-electron chi connectivity index (χ2n) is 7.18. The quantitative estimate of drug-likeness (QED) is 0.665. The minimum absolute atomic E-state index is 0.0139. The lowest BCUT2D eigenvalue weighted by Gasteiger charge is -2.36. The maximum absolute atomic E-state index is 14.2. The van der Waals surface area contributed by atoms with E-state index in [-0.39, 0.29) is 17.3 Å². The van der Waals surface area contributed by atoms with Gasteiger partial charge in [0.1, 0.15) is 5.75 Å². The van der Waals surface area contributed by atoms with Crippen molar-refractivity contribution in [1.29, 1.82) is 0 Å². The average molecular weight is 431 g/mol. The normalized spacial score (nSPS) is 22.6. The Balaban J connectivity index is 1.57. The van der Waals surface area contributed by atoms with E-state index < -0.39 is 17.8 Å². The number of hydrogen-bond donors (Lipinski definition) is 1. The third kappa shape index (κ3) is 2.65. The zero-order chi connectivity index (χ0) is 21.1. The molecule has 1 N–H and O–H groups in total. The first kappa shape index (κ1) is 19.1. The van der Waals surface area contributed by atoms with Gasteiger partial charge in [-0.2, -0.15) is 23.3 Å². The topological polar surface area (TPSA) is 58.0 Å². The monoisotopic (exact) mass is 431 g/mol. The SMILES string of the molecule is COc1ccc(-c2csc(N3N=C4c5ccccc5C[C@H]4[C@]3(O)C(F)(F)F)n2)cc1. The molecule has 0 amide bonds. The van der Waals surface area contributed by atoms with Crippen LogP contribution in [0.3, 0.4) is 0 Å². The molecule has 5 nitrogen and oxygen atoms in total. The van der Waals surface area contributed by atoms with Gasteiger partial charge in [0.2, 0.25) is 5.13 Å². The van der Waals surface area contributed by atoms with Crippen LogP contribution in [0.25, 0.3) is 11.3 Å². The fraction of sp³-hybridized carbons (Fsp3) is 0.238. The fourth-order valence-corrected chi connectivity index (χ4v) is 4.84. The van der Waals surface area contributed by atoms with Crippen molar-refractivity contribution in [3.8, 4) is 17.0 Å². The van der Waals surface area contributed by atoms with Crippen LogP contribution in [0.4, 0.5) is 18.3 Å². The van der Waals surface area contributed by atoms with E-state index in [0.29, 0.717) is 22.0 Å². The lowest BCUT2D eigenvalue weighted by molar-refractivity contribution is -0.267. The number of fused-ring (bicyclic) bond motifs is 3. The van der Waals surface area contributed by atoms with Crippen LogP contribution in [0, 0.1) is 5.92 Å². The number of hydrogen-bond acceptors (Lipinski definition) is 6. The summed E-state index contributed by atoms with van der Waals surface area (Å²) in [7, 11) is 1.55. The van der Waals surface area contributed by atoms with Gasteiger partial charge in [-0.15, -0.1) is 11.3 Å². The van der Waals surface area contributed by atoms with E-state index in [1.165, 1.54) is 0 Å². The van der Waals surface area contributed by atoms with E-state index in [1.807, 2.05) is 0 Å². The van der Waals surface area contributed by atoms with Gasteiger partial charge in [0, 0.05) is 16.5 Å². The van der Waals surface area contributed by atoms with Crippen molar-refractivity contribution in [2.24, 2.45) is 11.0 Å². The summed E-state index contributed by atoms with van der Waals surface area (Å²) in [6, 6.07) is 14.1. The number of methoxy groups -OCH3 is 1. The van der Waals surface area contributed by atoms with E-state index in [9.17, 15) is 18.3 Å². The highest BCUT2D eigenvalue weighted by Gasteiger charge is 2.69. The summed E-state index contributed by atoms with van der Waals surface area (Å²) in [5.41, 5.74) is -0.296. The number of thiazole rings is 1. The van der Waals surface area contributed by atoms with Gasteiger partial charge in [0.25, 0.3) is 5.72 Å². The summed E-state index contributed by atoms with van der Waals surface area (Å²) in [5, 5.41) is 17.5. The molecule has 2 atom stereocenters. The van der Waals surface area contributed by atoms with Crippen LogP contribution in [0.15, 0.2) is 59.0 Å². The zero-order valence-electron chi connectivity index (χ0n) is 15.7. The third-order valence-corrected chi connectivity index (χ3v) is 6.36. The first-order valence-corrected chi connectivity index (χ1v) is 10.1. The van der Waals surface area contributed by atoms with Gasteiger partial charge in [-0.1, -0.05) is 24.3 Å². The average Bonchev–Trinajstić information content (AvgIpc) is 3.42. The van der Waals surface area contributed by atoms with E-state index >= 15 is 0 Å². The number of rotatable bonds is 3. The molecule has 0 radical (unpaired) electrons. The number of nitrogens with zero attached hydrogens (tertiary/aromatic N) is 3. The molecule has 5 rings (SSSR count). The molecule has 0 spiro atoms. The van der Waals surface area contributed by atoms with E-state index in [0.717, 1.165) is 22.5 Å². The van der Waals surface area contributed by atoms with Crippen molar-refractivity contribution >= 4 is 22.2 Å². The van der Waals surface area contributed by atoms with Crippen LogP contribution in [-0.4, -0.2) is 34.8 Å². The standard InChI is InChI=1S/C21H16F3N3O2S/c1-29-14-8-6-12(7-9-14)17-11-30-19(25-17)27-20(28,21(22,23)24)16-10-13-4-2-3-5-15(13)18(16)26-27/h2-9,11,16,28H,10H2,1H3/t16-,20+/m1/s1. The molecule has 2 aliphatic rings. The number of ether oxygens (including phenoxy) is 1. The number of halogens is 3. The van der Waals surface area contributed by atoms with Crippen LogP contribution in [0.2, 0.25) is 0 Å². The van der Waals surface area contributed by atoms with Gasteiger partial charge >= 0.3 is 6.18 Å². The summed E-state index contributed by atoms with van der Waals surface area (Å²) in [6.45, 7) is 0. The smallest absolute Gasteiger partial charge is 0.439 e. The molecule has 154 valence electrons. The van der Waals surface area contributed by atoms with E-state index in [2.05, 4.69) is 10.1 Å². The molecule has 2 heterocycles. The largest absolute Gasteiger partial charge is 0.497 e. The molecule has 1 aliphatic carbocycles. The van der Waals surface area contributed by atoms with Gasteiger partial charge < -0.3 is 9.84 Å². The van der Waals surface area contributed by atoms with Crippen LogP contribution in [0.1, 0.15) is 11.1 Å². The van der Waals surface area contributed by atoms with Gasteiger partial charge in [-0.3, -0.25) is 0 Å². The molecule has 30 heavy (non-hydrogen) atoms. The second-order valence-corrected chi connectivity index (χ2v) is 8.02. The Morgan fingerprint density at radius 3 is 2.60 bits per heavy atom. The molecule has 0 saturated carbocycles. The van der Waals surface area contributed by atoms with Crippen molar-refractivity contribution < 1.29 is 23.0 Å². The summed E-state index contributed by atoms with van der Waals surface area (Å²) in [4.78, 5) is 4.35. The fourth-order valence-electron chi connectivity index (χ4n) is 4.00. The van der Waals surface area contributed by atoms with Crippen LogP contribution in [-0.2, 0) is 6.42 Å². The molecule has 0 unspecified atom stereocenters. The van der Waals surface area contributed by atoms with Crippen molar-refractivity contribution in [3.63, 3.8) is 0 Å². The lowest BCUT2D eigenvalue weighted by atomic mass is 9.91. The van der Waals surface area contributed by atoms with Crippen molar-refractivity contribution in [3.05, 3.63) is 65.0 Å². The minimum atomic E-state index is -4.92. The minimum Gasteiger partial charge on any atom is -0.497 e. The maximum atomic E-state index is 14.2. The molecule has 3 aromatic rings. The number of aliphatic hydroxyl groups is 1. The van der Waals surface area contributed by atoms with Gasteiger partial charge in [-0.25, -0.2) is 4.98 Å². The first-order chi connectivity index (χ1) is 14.3. The molecule has 0 saturated heterocycles. The lowest BCUT2D eigenvalue weighted by Crippen LogP contribution is -2.60. The Labute approximate surface area is 174 Å². The van der Waals surface area contributed by atoms with E-state index in [4.69, 9.17) is 4.74 Å². The number of alkyl halides is 3. The molecule has 9 heteroatoms. The maximum Gasteiger partial charge on any atom is 0.439 e. The molecule has 1 aliphatic heterocycles. The predicted molar refractivity (Wildman–Crippen MR) is 108 cm³/mol. The Morgan fingerprint density at radius 1 is 1.17 bits per heavy atom. The van der Waals surface area contributed by atoms with Gasteiger partial charge in [0.15, 0.2) is 0 Å². The highest BCUT2D eigenvalue weighted by Crippen LogP contribution is 2.51. The number of hydrazone groups is 1. The second kappa shape index (κ2) is 6.55. The summed E-state index contributed by atoms with van der Waals surface area (Å²) in [5.74, 6) is -0.540. The molecule has 2 aromatic carbocycles. The molecule has 0 bridgehead atoms. The van der Waals surface area contributed by atoms with Crippen molar-refractivity contribution in [2.45, 2.75) is 18.3 Å². The highest BCUT2D eigenvalue weighted by atomic mass is 32.1. The van der Waals surface area contributed by atoms with Gasteiger partial charge in [-0.05, 0) is 36.2 Å². The van der Waals surface area contributed by atoms with Gasteiger partial charge in [0.05, 0.1) is 24.4 Å². The first-order valence-electron chi connectivity index (χ1n) is 9.19. The van der Waals surface area contributed by atoms with Crippen molar-refractivity contribution in [2.75, 3.05) is 12.1 Å². The number of aromatic nitrogens is 1. The van der Waals surface area contributed by atoms with Crippen LogP contribution >= 0.6 is 11.3 Å². The molecular weight excluding hydrogens is 415 g/mol. The Kier molecular flexibility index (Phi) is 4.16. The summed E-state index contributed by atoms with van der Waals surface area (Å²) < 4.78 is 47.6. The van der Waals surface area contributed by atoms with Crippen LogP contribution < -0.4 is 9.75 Å². The molecule has 1 aromatic heterocycles. The number of anilines is 1. The molecular formula is C21H16F3N3O2S. The Morgan fingerprint density at radius 2 is 1.90 bits per heavy atom. The van der Waals surface area contributed by atoms with Crippen molar-refractivity contribution in [1.82, 2.24) is 4.98 Å². The summed E-state index contributed by atoms with van der Waals surface area (Å²) >= 11 is 1.01.